The molecule has 2 aromatic rings. The normalized spacial score (nSPS) is 9.91. The van der Waals surface area contributed by atoms with Gasteiger partial charge >= 0.3 is 0 Å². The van der Waals surface area contributed by atoms with Crippen LogP contribution in [0.1, 0.15) is 5.56 Å². The molecule has 114 valence electrons. The minimum Gasteiger partial charge on any atom is -0.504 e. The molecule has 2 N–H and O–H groups in total. The van der Waals surface area contributed by atoms with E-state index in [1.807, 2.05) is 0 Å². The number of hydrogen-bond donors (Lipinski definition) is 2. The second kappa shape index (κ2) is 6.67. The summed E-state index contributed by atoms with van der Waals surface area (Å²) in [5.41, 5.74) is 1.48. The monoisotopic (exact) mass is 299 g/mol. The molecule has 0 spiro atoms. The first-order valence-corrected chi connectivity index (χ1v) is 6.57. The Kier molecular flexibility index (Phi) is 4.68. The van der Waals surface area contributed by atoms with Gasteiger partial charge in [0.1, 0.15) is 5.75 Å². The van der Waals surface area contributed by atoms with E-state index < -0.39 is 0 Å². The van der Waals surface area contributed by atoms with Crippen molar-refractivity contribution in [1.82, 2.24) is 0 Å². The van der Waals surface area contributed by atoms with Crippen molar-refractivity contribution in [1.29, 1.82) is 0 Å². The summed E-state index contributed by atoms with van der Waals surface area (Å²) in [7, 11) is 3.02. The van der Waals surface area contributed by atoms with E-state index in [9.17, 15) is 9.90 Å². The molecule has 22 heavy (non-hydrogen) atoms. The van der Waals surface area contributed by atoms with Crippen LogP contribution >= 0.6 is 0 Å². The molecule has 0 aliphatic rings. The maximum absolute atomic E-state index is 12.2. The Labute approximate surface area is 128 Å². The zero-order valence-electron chi connectivity index (χ0n) is 12.4. The zero-order valence-corrected chi connectivity index (χ0v) is 12.4. The highest BCUT2D eigenvalue weighted by Crippen LogP contribution is 2.29. The number of carbonyl (C=O) groups is 1. The highest BCUT2D eigenvalue weighted by atomic mass is 16.5. The first kappa shape index (κ1) is 15.4. The summed E-state index contributed by atoms with van der Waals surface area (Å²) in [5, 5.41) is 12.3. The number of benzene rings is 2. The first-order valence-electron chi connectivity index (χ1n) is 6.57. The predicted octanol–water partition coefficient (Wildman–Crippen LogP) is 3.06. The van der Waals surface area contributed by atoms with Crippen molar-refractivity contribution in [3.63, 3.8) is 0 Å². The molecule has 0 atom stereocenters. The van der Waals surface area contributed by atoms with Crippen LogP contribution in [0.2, 0.25) is 0 Å². The van der Waals surface area contributed by atoms with Gasteiger partial charge in [0.15, 0.2) is 11.5 Å². The number of anilines is 1. The Balaban J connectivity index is 2.13. The second-order valence-corrected chi connectivity index (χ2v) is 4.55. The van der Waals surface area contributed by atoms with Crippen molar-refractivity contribution in [3.05, 3.63) is 54.6 Å². The SMILES string of the molecule is C=C(C(=O)Nc1ccc(OC)cc1)c1ccc(O)c(OC)c1. The number of rotatable bonds is 5. The van der Waals surface area contributed by atoms with Gasteiger partial charge in [0, 0.05) is 11.3 Å². The molecule has 0 aromatic heterocycles. The van der Waals surface area contributed by atoms with Gasteiger partial charge in [-0.2, -0.15) is 0 Å². The fraction of sp³-hybridized carbons (Fsp3) is 0.118. The van der Waals surface area contributed by atoms with Crippen LogP contribution < -0.4 is 14.8 Å². The Bertz CT molecular complexity index is 692. The van der Waals surface area contributed by atoms with Gasteiger partial charge in [-0.05, 0) is 42.0 Å². The first-order chi connectivity index (χ1) is 10.5. The van der Waals surface area contributed by atoms with Crippen molar-refractivity contribution in [2.24, 2.45) is 0 Å². The number of phenols is 1. The molecular weight excluding hydrogens is 282 g/mol. The summed E-state index contributed by atoms with van der Waals surface area (Å²) >= 11 is 0. The van der Waals surface area contributed by atoms with Gasteiger partial charge in [-0.1, -0.05) is 12.6 Å². The van der Waals surface area contributed by atoms with Crippen LogP contribution in [0.25, 0.3) is 5.57 Å². The van der Waals surface area contributed by atoms with Gasteiger partial charge in [0.05, 0.1) is 14.2 Å². The third-order valence-corrected chi connectivity index (χ3v) is 3.15. The standard InChI is InChI=1S/C17H17NO4/c1-11(12-4-9-15(19)16(10-12)22-3)17(20)18-13-5-7-14(21-2)8-6-13/h4-10,19H,1H2,2-3H3,(H,18,20). The van der Waals surface area contributed by atoms with Gasteiger partial charge in [-0.15, -0.1) is 0 Å². The number of hydrogen-bond acceptors (Lipinski definition) is 4. The van der Waals surface area contributed by atoms with Gasteiger partial charge < -0.3 is 19.9 Å². The molecule has 2 aromatic carbocycles. The maximum Gasteiger partial charge on any atom is 0.255 e. The molecule has 0 radical (unpaired) electrons. The number of ether oxygens (including phenoxy) is 2. The molecule has 0 unspecified atom stereocenters. The van der Waals surface area contributed by atoms with E-state index >= 15 is 0 Å². The number of aromatic hydroxyl groups is 1. The average molecular weight is 299 g/mol. The van der Waals surface area contributed by atoms with Gasteiger partial charge in [0.25, 0.3) is 5.91 Å². The molecule has 0 aliphatic heterocycles. The lowest BCUT2D eigenvalue weighted by atomic mass is 10.1. The number of carbonyl (C=O) groups excluding carboxylic acids is 1. The van der Waals surface area contributed by atoms with Crippen LogP contribution in [0.4, 0.5) is 5.69 Å². The van der Waals surface area contributed by atoms with Crippen LogP contribution in [0.3, 0.4) is 0 Å². The summed E-state index contributed by atoms with van der Waals surface area (Å²) in [6.45, 7) is 3.79. The predicted molar refractivity (Wildman–Crippen MR) is 85.3 cm³/mol. The van der Waals surface area contributed by atoms with E-state index in [1.165, 1.54) is 13.2 Å². The lowest BCUT2D eigenvalue weighted by Gasteiger charge is -2.10. The maximum atomic E-state index is 12.2. The zero-order chi connectivity index (χ0) is 16.1. The molecule has 0 saturated heterocycles. The van der Waals surface area contributed by atoms with Crippen LogP contribution in [-0.2, 0) is 4.79 Å². The molecule has 5 nitrogen and oxygen atoms in total. The van der Waals surface area contributed by atoms with Crippen molar-refractivity contribution in [2.45, 2.75) is 0 Å². The lowest BCUT2D eigenvalue weighted by molar-refractivity contribution is -0.111. The molecule has 0 aliphatic carbocycles. The van der Waals surface area contributed by atoms with Crippen molar-refractivity contribution < 1.29 is 19.4 Å². The minimum absolute atomic E-state index is 0.00890. The van der Waals surface area contributed by atoms with E-state index in [2.05, 4.69) is 11.9 Å². The van der Waals surface area contributed by atoms with Crippen molar-refractivity contribution >= 4 is 17.2 Å². The quantitative estimate of drug-likeness (QED) is 0.833. The van der Waals surface area contributed by atoms with E-state index in [1.54, 1.807) is 43.5 Å². The molecule has 5 heteroatoms. The number of amides is 1. The molecule has 0 saturated carbocycles. The summed E-state index contributed by atoms with van der Waals surface area (Å²) in [5.74, 6) is 0.670. The van der Waals surface area contributed by atoms with Gasteiger partial charge in [-0.25, -0.2) is 0 Å². The largest absolute Gasteiger partial charge is 0.504 e. The highest BCUT2D eigenvalue weighted by molar-refractivity contribution is 6.24. The fourth-order valence-corrected chi connectivity index (χ4v) is 1.88. The number of phenolic OH excluding ortho intramolecular Hbond substituents is 1. The third-order valence-electron chi connectivity index (χ3n) is 3.15. The summed E-state index contributed by atoms with van der Waals surface area (Å²) in [6, 6.07) is 11.6. The molecule has 2 rings (SSSR count). The van der Waals surface area contributed by atoms with E-state index in [-0.39, 0.29) is 23.0 Å². The topological polar surface area (TPSA) is 67.8 Å². The molecular formula is C17H17NO4. The Hall–Kier alpha value is -2.95. The average Bonchev–Trinajstić information content (AvgIpc) is 2.55. The van der Waals surface area contributed by atoms with Crippen LogP contribution in [0.15, 0.2) is 49.0 Å². The third kappa shape index (κ3) is 3.38. The molecule has 0 fully saturated rings. The van der Waals surface area contributed by atoms with Crippen LogP contribution in [0.5, 0.6) is 17.2 Å². The van der Waals surface area contributed by atoms with Gasteiger partial charge in [-0.3, -0.25) is 4.79 Å². The Morgan fingerprint density at radius 1 is 1.09 bits per heavy atom. The molecule has 0 heterocycles. The summed E-state index contributed by atoms with van der Waals surface area (Å²) in [4.78, 5) is 12.2. The fourth-order valence-electron chi connectivity index (χ4n) is 1.88. The van der Waals surface area contributed by atoms with E-state index in [0.717, 1.165) is 0 Å². The Morgan fingerprint density at radius 2 is 1.77 bits per heavy atom. The Morgan fingerprint density at radius 3 is 2.36 bits per heavy atom. The van der Waals surface area contributed by atoms with Crippen molar-refractivity contribution in [3.8, 4) is 17.2 Å². The number of methoxy groups -OCH3 is 2. The van der Waals surface area contributed by atoms with Crippen LogP contribution in [-0.4, -0.2) is 25.2 Å². The summed E-state index contributed by atoms with van der Waals surface area (Å²) < 4.78 is 10.1. The van der Waals surface area contributed by atoms with Gasteiger partial charge in [0.2, 0.25) is 0 Å². The van der Waals surface area contributed by atoms with E-state index in [0.29, 0.717) is 17.0 Å². The lowest BCUT2D eigenvalue weighted by Crippen LogP contribution is -2.12. The highest BCUT2D eigenvalue weighted by Gasteiger charge is 2.12. The second-order valence-electron chi connectivity index (χ2n) is 4.55. The number of nitrogens with one attached hydrogen (secondary N) is 1. The molecule has 1 amide bonds. The molecule has 0 bridgehead atoms. The van der Waals surface area contributed by atoms with Crippen LogP contribution in [0, 0.1) is 0 Å². The summed E-state index contributed by atoms with van der Waals surface area (Å²) in [6.07, 6.45) is 0. The van der Waals surface area contributed by atoms with Crippen molar-refractivity contribution in [2.75, 3.05) is 19.5 Å². The van der Waals surface area contributed by atoms with E-state index in [4.69, 9.17) is 9.47 Å². The minimum atomic E-state index is -0.335. The smallest absolute Gasteiger partial charge is 0.255 e.